The van der Waals surface area contributed by atoms with Crippen LogP contribution in [0.25, 0.3) is 0 Å². The predicted octanol–water partition coefficient (Wildman–Crippen LogP) is 0.649. The van der Waals surface area contributed by atoms with Gasteiger partial charge >= 0.3 is 0 Å². The molecule has 5 nitrogen and oxygen atoms in total. The van der Waals surface area contributed by atoms with Crippen LogP contribution in [0.4, 0.5) is 10.1 Å². The molecular weight excluding hydrogens is 200 g/mol. The van der Waals surface area contributed by atoms with Crippen LogP contribution in [0, 0.1) is 5.41 Å². The van der Waals surface area contributed by atoms with Gasteiger partial charge in [0.1, 0.15) is 5.00 Å². The molecule has 0 saturated heterocycles. The predicted molar refractivity (Wildman–Crippen MR) is 58.0 cm³/mol. The minimum Gasteiger partial charge on any atom is -0.389 e. The van der Waals surface area contributed by atoms with Gasteiger partial charge in [0.15, 0.2) is 5.13 Å². The second-order valence-electron chi connectivity index (χ2n) is 3.67. The van der Waals surface area contributed by atoms with E-state index in [-0.39, 0.29) is 5.91 Å². The maximum absolute atomic E-state index is 11.0. The Hall–Kier alpha value is -1.30. The molecule has 1 aromatic rings. The third kappa shape index (κ3) is 2.59. The highest BCUT2D eigenvalue weighted by Gasteiger charge is 2.24. The van der Waals surface area contributed by atoms with E-state index in [4.69, 9.17) is 11.5 Å². The van der Waals surface area contributed by atoms with Crippen LogP contribution >= 0.6 is 11.3 Å². The minimum absolute atomic E-state index is 0.338. The van der Waals surface area contributed by atoms with Crippen molar-refractivity contribution in [2.75, 3.05) is 17.6 Å². The van der Waals surface area contributed by atoms with E-state index in [0.717, 1.165) is 0 Å². The Labute approximate surface area is 86.5 Å². The number of rotatable bonds is 4. The van der Waals surface area contributed by atoms with Gasteiger partial charge < -0.3 is 16.8 Å². The Morgan fingerprint density at radius 2 is 2.36 bits per heavy atom. The van der Waals surface area contributed by atoms with Gasteiger partial charge in [-0.1, -0.05) is 11.3 Å². The van der Waals surface area contributed by atoms with Gasteiger partial charge in [0.05, 0.1) is 11.6 Å². The molecule has 0 aromatic carbocycles. The molecule has 0 spiro atoms. The SMILES string of the molecule is CC(C)(CNc1ncc(N)s1)C(N)=O. The lowest BCUT2D eigenvalue weighted by Gasteiger charge is -2.20. The molecule has 78 valence electrons. The molecule has 0 fully saturated rings. The van der Waals surface area contributed by atoms with Crippen LogP contribution in [-0.2, 0) is 4.79 Å². The van der Waals surface area contributed by atoms with Gasteiger partial charge in [-0.15, -0.1) is 0 Å². The average Bonchev–Trinajstić information content (AvgIpc) is 2.48. The van der Waals surface area contributed by atoms with Gasteiger partial charge in [0, 0.05) is 6.54 Å². The van der Waals surface area contributed by atoms with E-state index in [1.54, 1.807) is 20.0 Å². The number of anilines is 2. The van der Waals surface area contributed by atoms with Crippen molar-refractivity contribution in [3.63, 3.8) is 0 Å². The maximum atomic E-state index is 11.0. The lowest BCUT2D eigenvalue weighted by Crippen LogP contribution is -2.37. The minimum atomic E-state index is -0.583. The summed E-state index contributed by atoms with van der Waals surface area (Å²) in [5, 5.41) is 4.36. The zero-order chi connectivity index (χ0) is 10.8. The number of hydrogen-bond donors (Lipinski definition) is 3. The number of nitrogen functional groups attached to an aromatic ring is 1. The normalized spacial score (nSPS) is 11.3. The second kappa shape index (κ2) is 3.83. The standard InChI is InChI=1S/C8H14N4OS/c1-8(2,6(10)13)4-12-7-11-3-5(9)14-7/h3H,4,9H2,1-2H3,(H2,10,13)(H,11,12). The van der Waals surface area contributed by atoms with Crippen molar-refractivity contribution in [1.29, 1.82) is 0 Å². The first-order valence-electron chi connectivity index (χ1n) is 4.17. The smallest absolute Gasteiger partial charge is 0.224 e. The molecule has 14 heavy (non-hydrogen) atoms. The van der Waals surface area contributed by atoms with Crippen LogP contribution in [0.5, 0.6) is 0 Å². The number of primary amides is 1. The number of aromatic nitrogens is 1. The molecule has 1 heterocycles. The summed E-state index contributed by atoms with van der Waals surface area (Å²) in [4.78, 5) is 15.0. The van der Waals surface area contributed by atoms with Crippen molar-refractivity contribution in [2.24, 2.45) is 11.1 Å². The van der Waals surface area contributed by atoms with Crippen LogP contribution in [0.2, 0.25) is 0 Å². The van der Waals surface area contributed by atoms with Gasteiger partial charge in [-0.05, 0) is 13.8 Å². The van der Waals surface area contributed by atoms with Gasteiger partial charge in [-0.25, -0.2) is 4.98 Å². The molecule has 0 saturated carbocycles. The van der Waals surface area contributed by atoms with Gasteiger partial charge in [0.2, 0.25) is 5.91 Å². The fraction of sp³-hybridized carbons (Fsp3) is 0.500. The third-order valence-electron chi connectivity index (χ3n) is 1.87. The van der Waals surface area contributed by atoms with Gasteiger partial charge in [-0.2, -0.15) is 0 Å². The molecule has 0 aliphatic rings. The molecular formula is C8H14N4OS. The van der Waals surface area contributed by atoms with Crippen molar-refractivity contribution in [2.45, 2.75) is 13.8 Å². The summed E-state index contributed by atoms with van der Waals surface area (Å²) in [5.41, 5.74) is 10.1. The molecule has 6 heteroatoms. The van der Waals surface area contributed by atoms with E-state index in [1.165, 1.54) is 11.3 Å². The fourth-order valence-corrected chi connectivity index (χ4v) is 1.33. The largest absolute Gasteiger partial charge is 0.389 e. The summed E-state index contributed by atoms with van der Waals surface area (Å²) in [6, 6.07) is 0. The number of hydrogen-bond acceptors (Lipinski definition) is 5. The van der Waals surface area contributed by atoms with Crippen molar-refractivity contribution in [1.82, 2.24) is 4.98 Å². The highest BCUT2D eigenvalue weighted by atomic mass is 32.1. The van der Waals surface area contributed by atoms with Crippen LogP contribution in [0.3, 0.4) is 0 Å². The summed E-state index contributed by atoms with van der Waals surface area (Å²) < 4.78 is 0. The number of nitrogens with two attached hydrogens (primary N) is 2. The highest BCUT2D eigenvalue weighted by molar-refractivity contribution is 7.19. The molecule has 0 atom stereocenters. The molecule has 0 unspecified atom stereocenters. The van der Waals surface area contributed by atoms with Crippen LogP contribution in [-0.4, -0.2) is 17.4 Å². The van der Waals surface area contributed by atoms with Crippen molar-refractivity contribution in [3.05, 3.63) is 6.20 Å². The summed E-state index contributed by atoms with van der Waals surface area (Å²) in [6.07, 6.45) is 1.57. The topological polar surface area (TPSA) is 94.0 Å². The Balaban J connectivity index is 2.52. The summed E-state index contributed by atoms with van der Waals surface area (Å²) in [6.45, 7) is 4.01. The third-order valence-corrected chi connectivity index (χ3v) is 2.66. The van der Waals surface area contributed by atoms with Crippen molar-refractivity contribution in [3.8, 4) is 0 Å². The Morgan fingerprint density at radius 1 is 1.71 bits per heavy atom. The monoisotopic (exact) mass is 214 g/mol. The zero-order valence-electron chi connectivity index (χ0n) is 8.20. The summed E-state index contributed by atoms with van der Waals surface area (Å²) in [5.74, 6) is -0.338. The fourth-order valence-electron chi connectivity index (χ4n) is 0.752. The van der Waals surface area contributed by atoms with E-state index in [1.807, 2.05) is 0 Å². The molecule has 1 rings (SSSR count). The number of amides is 1. The Bertz CT molecular complexity index is 334. The highest BCUT2D eigenvalue weighted by Crippen LogP contribution is 2.22. The number of nitrogens with one attached hydrogen (secondary N) is 1. The van der Waals surface area contributed by atoms with E-state index < -0.39 is 5.41 Å². The molecule has 1 amide bonds. The molecule has 5 N–H and O–H groups in total. The summed E-state index contributed by atoms with van der Waals surface area (Å²) >= 11 is 1.34. The second-order valence-corrected chi connectivity index (χ2v) is 4.73. The first-order valence-corrected chi connectivity index (χ1v) is 4.98. The molecule has 0 aliphatic carbocycles. The Kier molecular flexibility index (Phi) is 2.95. The number of nitrogens with zero attached hydrogens (tertiary/aromatic N) is 1. The van der Waals surface area contributed by atoms with Crippen molar-refractivity contribution < 1.29 is 4.79 Å². The van der Waals surface area contributed by atoms with E-state index in [9.17, 15) is 4.79 Å². The summed E-state index contributed by atoms with van der Waals surface area (Å²) in [7, 11) is 0. The average molecular weight is 214 g/mol. The van der Waals surface area contributed by atoms with Crippen LogP contribution in [0.15, 0.2) is 6.20 Å². The maximum Gasteiger partial charge on any atom is 0.224 e. The molecule has 0 bridgehead atoms. The number of carbonyl (C=O) groups excluding carboxylic acids is 1. The van der Waals surface area contributed by atoms with Gasteiger partial charge in [0.25, 0.3) is 0 Å². The van der Waals surface area contributed by atoms with Crippen LogP contribution in [0.1, 0.15) is 13.8 Å². The molecule has 1 aromatic heterocycles. The molecule has 0 radical (unpaired) electrons. The first-order chi connectivity index (χ1) is 6.42. The van der Waals surface area contributed by atoms with E-state index in [2.05, 4.69) is 10.3 Å². The first kappa shape index (κ1) is 10.8. The molecule has 0 aliphatic heterocycles. The van der Waals surface area contributed by atoms with E-state index >= 15 is 0 Å². The number of carbonyl (C=O) groups is 1. The zero-order valence-corrected chi connectivity index (χ0v) is 9.02. The Morgan fingerprint density at radius 3 is 2.79 bits per heavy atom. The lowest BCUT2D eigenvalue weighted by atomic mass is 9.93. The van der Waals surface area contributed by atoms with E-state index in [0.29, 0.717) is 16.7 Å². The van der Waals surface area contributed by atoms with Gasteiger partial charge in [-0.3, -0.25) is 4.79 Å². The quantitative estimate of drug-likeness (QED) is 0.686. The van der Waals surface area contributed by atoms with Crippen molar-refractivity contribution >= 4 is 27.4 Å². The number of thiazole rings is 1. The lowest BCUT2D eigenvalue weighted by molar-refractivity contribution is -0.125. The van der Waals surface area contributed by atoms with Crippen LogP contribution < -0.4 is 16.8 Å².